The lowest BCUT2D eigenvalue weighted by molar-refractivity contribution is 0.399. The molecule has 1 aliphatic rings. The highest BCUT2D eigenvalue weighted by atomic mass is 16.2. The molecule has 1 fully saturated rings. The largest absolute Gasteiger partial charge is 0.400 e. The third-order valence-corrected chi connectivity index (χ3v) is 3.81. The predicted molar refractivity (Wildman–Crippen MR) is 81.0 cm³/mol. The maximum atomic E-state index is 7.00. The molecule has 0 saturated carbocycles. The Bertz CT molecular complexity index is 746. The predicted octanol–water partition coefficient (Wildman–Crippen LogP) is 1.94. The molecule has 3 aromatic heterocycles. The fraction of sp³-hybridized carbons (Fsp3) is 0.333. The Kier molecular flexibility index (Phi) is 3.28. The van der Waals surface area contributed by atoms with E-state index in [1.54, 1.807) is 0 Å². The first-order chi connectivity index (χ1) is 9.84. The van der Waals surface area contributed by atoms with Crippen molar-refractivity contribution in [2.24, 2.45) is 7.05 Å². The number of aliphatic hydroxyl groups is 1. The van der Waals surface area contributed by atoms with Crippen LogP contribution in [0, 0.1) is 0 Å². The van der Waals surface area contributed by atoms with Crippen LogP contribution in [0.15, 0.2) is 30.6 Å². The summed E-state index contributed by atoms with van der Waals surface area (Å²) in [4.78, 5) is 11.3. The fourth-order valence-electron chi connectivity index (χ4n) is 2.63. The standard InChI is InChI=1S/C14H14N4.CH4O/c1-17-12-5-6-15-9-11(12)10-3-4-13(16-14(10)17)18-7-2-8-18;1-2/h3-6,9H,2,7-8H2,1H3;2H,1H3. The molecule has 0 amide bonds. The maximum Gasteiger partial charge on any atom is 0.143 e. The van der Waals surface area contributed by atoms with Gasteiger partial charge in [-0.15, -0.1) is 0 Å². The van der Waals surface area contributed by atoms with Crippen molar-refractivity contribution in [3.63, 3.8) is 0 Å². The summed E-state index contributed by atoms with van der Waals surface area (Å²) >= 11 is 0. The van der Waals surface area contributed by atoms with E-state index in [2.05, 4.69) is 33.6 Å². The second kappa shape index (κ2) is 5.09. The first kappa shape index (κ1) is 12.9. The second-order valence-electron chi connectivity index (χ2n) is 4.83. The van der Waals surface area contributed by atoms with Gasteiger partial charge in [0.2, 0.25) is 0 Å². The van der Waals surface area contributed by atoms with E-state index in [-0.39, 0.29) is 0 Å². The van der Waals surface area contributed by atoms with Crippen LogP contribution in [0.1, 0.15) is 6.42 Å². The number of aryl methyl sites for hydroxylation is 1. The van der Waals surface area contributed by atoms with Gasteiger partial charge in [-0.25, -0.2) is 4.98 Å². The van der Waals surface area contributed by atoms with Crippen molar-refractivity contribution in [2.75, 3.05) is 25.1 Å². The number of rotatable bonds is 1. The molecule has 0 bridgehead atoms. The van der Waals surface area contributed by atoms with Gasteiger partial charge in [0.05, 0.1) is 5.52 Å². The van der Waals surface area contributed by atoms with Crippen LogP contribution in [0.5, 0.6) is 0 Å². The van der Waals surface area contributed by atoms with Gasteiger partial charge in [0.1, 0.15) is 11.5 Å². The number of pyridine rings is 2. The van der Waals surface area contributed by atoms with Gasteiger partial charge in [-0.2, -0.15) is 0 Å². The molecular formula is C15H18N4O. The first-order valence-corrected chi connectivity index (χ1v) is 6.73. The van der Waals surface area contributed by atoms with Gasteiger partial charge in [0.15, 0.2) is 0 Å². The zero-order chi connectivity index (χ0) is 14.1. The second-order valence-corrected chi connectivity index (χ2v) is 4.83. The minimum atomic E-state index is 1.00. The Labute approximate surface area is 117 Å². The number of anilines is 1. The monoisotopic (exact) mass is 270 g/mol. The third kappa shape index (κ3) is 1.82. The molecule has 1 aliphatic heterocycles. The number of aliphatic hydroxyl groups excluding tert-OH is 1. The summed E-state index contributed by atoms with van der Waals surface area (Å²) in [5, 5.41) is 9.36. The first-order valence-electron chi connectivity index (χ1n) is 6.73. The van der Waals surface area contributed by atoms with Gasteiger partial charge >= 0.3 is 0 Å². The molecule has 0 unspecified atom stereocenters. The number of hydrogen-bond acceptors (Lipinski definition) is 4. The highest BCUT2D eigenvalue weighted by molar-refractivity contribution is 6.06. The SMILES string of the molecule is CO.Cn1c2ccncc2c2ccc(N3CCC3)nc21. The van der Waals surface area contributed by atoms with E-state index in [9.17, 15) is 0 Å². The van der Waals surface area contributed by atoms with Crippen LogP contribution in [-0.2, 0) is 7.05 Å². The average molecular weight is 270 g/mol. The Morgan fingerprint density at radius 1 is 1.10 bits per heavy atom. The van der Waals surface area contributed by atoms with E-state index in [0.717, 1.165) is 31.7 Å². The van der Waals surface area contributed by atoms with Crippen LogP contribution in [0.3, 0.4) is 0 Å². The van der Waals surface area contributed by atoms with Crippen molar-refractivity contribution < 1.29 is 5.11 Å². The number of fused-ring (bicyclic) bond motifs is 3. The van der Waals surface area contributed by atoms with Gasteiger partial charge in [-0.05, 0) is 24.6 Å². The molecule has 104 valence electrons. The molecule has 1 N–H and O–H groups in total. The smallest absolute Gasteiger partial charge is 0.143 e. The molecule has 5 nitrogen and oxygen atoms in total. The molecule has 0 aliphatic carbocycles. The summed E-state index contributed by atoms with van der Waals surface area (Å²) in [5.41, 5.74) is 2.23. The van der Waals surface area contributed by atoms with Gasteiger partial charge in [0, 0.05) is 50.4 Å². The van der Waals surface area contributed by atoms with Crippen LogP contribution in [0.4, 0.5) is 5.82 Å². The Morgan fingerprint density at radius 3 is 2.60 bits per heavy atom. The van der Waals surface area contributed by atoms with E-state index in [1.165, 1.54) is 22.7 Å². The number of aromatic nitrogens is 3. The van der Waals surface area contributed by atoms with Crippen LogP contribution in [0.2, 0.25) is 0 Å². The molecular weight excluding hydrogens is 252 g/mol. The quantitative estimate of drug-likeness (QED) is 0.734. The molecule has 4 rings (SSSR count). The van der Waals surface area contributed by atoms with Gasteiger partial charge in [-0.3, -0.25) is 4.98 Å². The van der Waals surface area contributed by atoms with Crippen molar-refractivity contribution >= 4 is 27.8 Å². The maximum absolute atomic E-state index is 7.00. The van der Waals surface area contributed by atoms with Gasteiger partial charge < -0.3 is 14.6 Å². The lowest BCUT2D eigenvalue weighted by Crippen LogP contribution is -2.37. The van der Waals surface area contributed by atoms with Gasteiger partial charge in [-0.1, -0.05) is 0 Å². The molecule has 0 radical (unpaired) electrons. The zero-order valence-electron chi connectivity index (χ0n) is 11.7. The van der Waals surface area contributed by atoms with Crippen molar-refractivity contribution in [3.8, 4) is 0 Å². The van der Waals surface area contributed by atoms with Crippen molar-refractivity contribution in [1.29, 1.82) is 0 Å². The fourth-order valence-corrected chi connectivity index (χ4v) is 2.63. The lowest BCUT2D eigenvalue weighted by Gasteiger charge is -2.31. The third-order valence-electron chi connectivity index (χ3n) is 3.81. The number of hydrogen-bond donors (Lipinski definition) is 1. The summed E-state index contributed by atoms with van der Waals surface area (Å²) < 4.78 is 2.15. The minimum absolute atomic E-state index is 1.00. The van der Waals surface area contributed by atoms with Crippen LogP contribution < -0.4 is 4.90 Å². The van der Waals surface area contributed by atoms with Crippen LogP contribution >= 0.6 is 0 Å². The molecule has 5 heteroatoms. The summed E-state index contributed by atoms with van der Waals surface area (Å²) in [7, 11) is 3.07. The van der Waals surface area contributed by atoms with Crippen LogP contribution in [-0.4, -0.2) is 39.8 Å². The summed E-state index contributed by atoms with van der Waals surface area (Å²) in [5.74, 6) is 1.09. The molecule has 0 spiro atoms. The van der Waals surface area contributed by atoms with E-state index in [4.69, 9.17) is 10.1 Å². The minimum Gasteiger partial charge on any atom is -0.400 e. The molecule has 4 heterocycles. The molecule has 0 aromatic carbocycles. The molecule has 20 heavy (non-hydrogen) atoms. The van der Waals surface area contributed by atoms with Gasteiger partial charge in [0.25, 0.3) is 0 Å². The summed E-state index contributed by atoms with van der Waals surface area (Å²) in [6.45, 7) is 2.26. The van der Waals surface area contributed by atoms with E-state index >= 15 is 0 Å². The summed E-state index contributed by atoms with van der Waals surface area (Å²) in [6.07, 6.45) is 5.03. The molecule has 1 saturated heterocycles. The Hall–Kier alpha value is -2.14. The zero-order valence-corrected chi connectivity index (χ0v) is 11.7. The number of nitrogens with zero attached hydrogens (tertiary/aromatic N) is 4. The topological polar surface area (TPSA) is 54.2 Å². The Balaban J connectivity index is 0.000000581. The summed E-state index contributed by atoms with van der Waals surface area (Å²) in [6, 6.07) is 6.33. The van der Waals surface area contributed by atoms with Crippen molar-refractivity contribution in [3.05, 3.63) is 30.6 Å². The van der Waals surface area contributed by atoms with Crippen LogP contribution in [0.25, 0.3) is 21.9 Å². The highest BCUT2D eigenvalue weighted by Gasteiger charge is 2.17. The van der Waals surface area contributed by atoms with E-state index in [0.29, 0.717) is 0 Å². The average Bonchev–Trinajstić information content (AvgIpc) is 2.73. The van der Waals surface area contributed by atoms with Crippen molar-refractivity contribution in [2.45, 2.75) is 6.42 Å². The highest BCUT2D eigenvalue weighted by Crippen LogP contribution is 2.28. The van der Waals surface area contributed by atoms with Crippen molar-refractivity contribution in [1.82, 2.24) is 14.5 Å². The molecule has 0 atom stereocenters. The van der Waals surface area contributed by atoms with E-state index < -0.39 is 0 Å². The van der Waals surface area contributed by atoms with E-state index in [1.807, 2.05) is 18.5 Å². The Morgan fingerprint density at radius 2 is 1.90 bits per heavy atom. The molecule has 3 aromatic rings. The normalized spacial score (nSPS) is 14.1. The lowest BCUT2D eigenvalue weighted by atomic mass is 10.2.